The van der Waals surface area contributed by atoms with Crippen LogP contribution in [0, 0.1) is 20.8 Å². The molecule has 4 heterocycles. The van der Waals surface area contributed by atoms with E-state index in [-0.39, 0.29) is 104 Å². The Bertz CT molecular complexity index is 5750. The molecule has 636 valence electrons. The van der Waals surface area contributed by atoms with Crippen LogP contribution in [-0.4, -0.2) is 190 Å². The number of fused-ring (bicyclic) bond motifs is 12. The molecular formula is C87H80F12N8O14. The van der Waals surface area contributed by atoms with Gasteiger partial charge >= 0.3 is 24.7 Å². The first-order valence-corrected chi connectivity index (χ1v) is 37.3. The average Bonchev–Trinajstić information content (AvgIpc) is 1.56. The van der Waals surface area contributed by atoms with Gasteiger partial charge in [-0.2, -0.15) is 73.1 Å². The number of hydrogen-bond acceptors (Lipinski definition) is 18. The largest absolute Gasteiger partial charge is 0.486 e. The molecule has 0 radical (unpaired) electrons. The van der Waals surface area contributed by atoms with Crippen LogP contribution in [-0.2, 0) is 50.9 Å². The minimum absolute atomic E-state index is 0.0632. The van der Waals surface area contributed by atoms with Crippen molar-refractivity contribution in [3.05, 3.63) is 256 Å². The molecule has 4 atom stereocenters. The minimum Gasteiger partial charge on any atom is -0.486 e. The lowest BCUT2D eigenvalue weighted by molar-refractivity contribution is -0.247. The second-order valence-corrected chi connectivity index (χ2v) is 30.7. The van der Waals surface area contributed by atoms with Crippen LogP contribution in [0.5, 0.6) is 5.75 Å². The molecule has 0 aliphatic heterocycles. The second kappa shape index (κ2) is 31.6. The summed E-state index contributed by atoms with van der Waals surface area (Å²) in [5.41, 5.74) is -11.2. The molecule has 0 fully saturated rings. The Morgan fingerprint density at radius 3 is 0.893 bits per heavy atom. The molecule has 22 nitrogen and oxygen atoms in total. The number of ketones is 1. The number of aliphatic hydroxyl groups excluding tert-OH is 8. The minimum atomic E-state index is -4.96. The Hall–Kier alpha value is -11.3. The fraction of sp³-hybridized carbons (Fsp3) is 0.299. The third-order valence-electron chi connectivity index (χ3n) is 22.6. The van der Waals surface area contributed by atoms with Crippen molar-refractivity contribution in [2.45, 2.75) is 98.3 Å². The van der Waals surface area contributed by atoms with Crippen molar-refractivity contribution in [1.29, 1.82) is 0 Å². The number of carbonyl (C=O) groups excluding carboxylic acids is 1. The van der Waals surface area contributed by atoms with E-state index in [0.717, 1.165) is 6.07 Å². The van der Waals surface area contributed by atoms with E-state index < -0.39 is 103 Å². The number of halogens is 12. The van der Waals surface area contributed by atoms with Crippen LogP contribution >= 0.6 is 0 Å². The maximum atomic E-state index is 14.1. The lowest BCUT2D eigenvalue weighted by Gasteiger charge is -2.28. The zero-order valence-electron chi connectivity index (χ0n) is 65.1. The van der Waals surface area contributed by atoms with Crippen LogP contribution in [0.3, 0.4) is 0 Å². The summed E-state index contributed by atoms with van der Waals surface area (Å²) in [5.74, 6) is -0.212. The number of nitrogens with zero attached hydrogens (tertiary/aromatic N) is 8. The smallest absolute Gasteiger partial charge is 0.425 e. The van der Waals surface area contributed by atoms with Gasteiger partial charge in [0.2, 0.25) is 22.4 Å². The Morgan fingerprint density at radius 2 is 0.620 bits per heavy atom. The van der Waals surface area contributed by atoms with Gasteiger partial charge in [0.05, 0.1) is 77.6 Å². The van der Waals surface area contributed by atoms with Crippen LogP contribution < -0.4 is 4.74 Å². The molecule has 0 spiro atoms. The normalized spacial score (nSPS) is 18.1. The van der Waals surface area contributed by atoms with Gasteiger partial charge in [0.1, 0.15) is 29.0 Å². The third-order valence-corrected chi connectivity index (χ3v) is 22.6. The van der Waals surface area contributed by atoms with Crippen LogP contribution in [0.1, 0.15) is 75.0 Å². The second-order valence-electron chi connectivity index (χ2n) is 30.7. The van der Waals surface area contributed by atoms with E-state index in [1.54, 1.807) is 108 Å². The van der Waals surface area contributed by atoms with Crippen molar-refractivity contribution in [2.24, 2.45) is 7.05 Å². The van der Waals surface area contributed by atoms with Crippen molar-refractivity contribution in [2.75, 3.05) is 59.5 Å². The van der Waals surface area contributed by atoms with Gasteiger partial charge in [-0.05, 0) is 114 Å². The molecule has 34 heteroatoms. The molecule has 16 rings (SSSR count). The first-order chi connectivity index (χ1) is 56.9. The maximum Gasteiger partial charge on any atom is 0.425 e. The van der Waals surface area contributed by atoms with E-state index in [1.807, 2.05) is 0 Å². The van der Waals surface area contributed by atoms with E-state index in [2.05, 4.69) is 20.4 Å². The van der Waals surface area contributed by atoms with Crippen molar-refractivity contribution < 1.29 is 123 Å². The first kappa shape index (κ1) is 87.6. The zero-order chi connectivity index (χ0) is 88.1. The molecule has 4 aliphatic rings. The van der Waals surface area contributed by atoms with Crippen molar-refractivity contribution in [1.82, 2.24) is 39.1 Å². The van der Waals surface area contributed by atoms with Crippen LogP contribution in [0.2, 0.25) is 0 Å². The highest BCUT2D eigenvalue weighted by molar-refractivity contribution is 5.97. The van der Waals surface area contributed by atoms with Gasteiger partial charge in [0.15, 0.2) is 5.78 Å². The monoisotopic (exact) mass is 1690 g/mol. The van der Waals surface area contributed by atoms with E-state index in [0.29, 0.717) is 77.9 Å². The summed E-state index contributed by atoms with van der Waals surface area (Å²) in [5, 5.41) is 138. The highest BCUT2D eigenvalue weighted by atomic mass is 19.4. The summed E-state index contributed by atoms with van der Waals surface area (Å²) in [7, 11) is 1.69. The summed E-state index contributed by atoms with van der Waals surface area (Å²) in [6.45, 7) is 3.27. The fourth-order valence-corrected chi connectivity index (χ4v) is 16.0. The standard InChI is InChI=1S/2C22H21F3N2O4.C22H21F3N2O3.C21H17F3N2O3/c2*1-13-6-16(14-8-26-27(9-14)20(10-28,11-29)12-30)19-15-4-2-3-5-17(15)21(31,18(19)7-13)22(23,24)25;1-13-7-16(14-9-26-27(10-14)20(2,11-28)12-29)19-15-5-3-4-6-17(15)21(30,18(19)8-13)22(23,24)25;1-12(27)11-29-14-7-16(13-9-25-26(2)10-13)19-15-5-3-4-6-17(15)20(28,18(19)8-14)21(22,23)24/h2*2-9,28-31H,10-12H2,1H3;3-10,28-30H,11-12H2,1-2H3;3-10,28H,11H2,1-2H3. The maximum absolute atomic E-state index is 14.1. The molecule has 12 aromatic rings. The van der Waals surface area contributed by atoms with Crippen molar-refractivity contribution >= 4 is 5.78 Å². The summed E-state index contributed by atoms with van der Waals surface area (Å²) in [4.78, 5) is 11.3. The van der Waals surface area contributed by atoms with Gasteiger partial charge in [-0.15, -0.1) is 0 Å². The van der Waals surface area contributed by atoms with Gasteiger partial charge in [0.25, 0.3) is 0 Å². The zero-order valence-corrected chi connectivity index (χ0v) is 65.1. The molecule has 12 N–H and O–H groups in total. The van der Waals surface area contributed by atoms with Crippen molar-refractivity contribution in [3.8, 4) is 94.8 Å². The van der Waals surface area contributed by atoms with E-state index in [1.165, 1.54) is 142 Å². The van der Waals surface area contributed by atoms with Gasteiger partial charge in [-0.3, -0.25) is 23.5 Å². The first-order valence-electron chi connectivity index (χ1n) is 37.3. The van der Waals surface area contributed by atoms with Gasteiger partial charge in [-0.1, -0.05) is 150 Å². The SMILES string of the molecule is CC(=O)COc1cc(-c2cnn(C)c2)c2c(c1)C(O)(C(F)(F)F)c1ccccc1-2.Cc1cc(-c2cnn(C(C)(CO)CO)c2)c2c(c1)C(O)(C(F)(F)F)c1ccccc1-2.Cc1cc(-c2cnn(C(CO)(CO)CO)c2)c2c(c1)C(O)(C(F)(F)F)c1ccccc1-2.Cc1cc(-c2cnn(C(CO)(CO)CO)c2)c2c(c1)C(O)(C(F)(F)F)c1ccccc1-2. The quantitative estimate of drug-likeness (QED) is 0.0355. The van der Waals surface area contributed by atoms with Gasteiger partial charge < -0.3 is 66.0 Å². The highest BCUT2D eigenvalue weighted by Crippen LogP contribution is 2.63. The average molecular weight is 1690 g/mol. The van der Waals surface area contributed by atoms with Crippen LogP contribution in [0.15, 0.2) is 195 Å². The van der Waals surface area contributed by atoms with E-state index in [4.69, 9.17) is 4.74 Å². The number of aliphatic hydroxyl groups is 12. The van der Waals surface area contributed by atoms with E-state index >= 15 is 0 Å². The molecule has 8 aromatic carbocycles. The Kier molecular flexibility index (Phi) is 22.9. The number of hydrogen-bond donors (Lipinski definition) is 12. The summed E-state index contributed by atoms with van der Waals surface area (Å²) < 4.78 is 180. The number of aromatic nitrogens is 8. The molecule has 0 saturated carbocycles. The molecule has 4 unspecified atom stereocenters. The highest BCUT2D eigenvalue weighted by Gasteiger charge is 2.65. The van der Waals surface area contributed by atoms with E-state index in [9.17, 15) is 119 Å². The topological polar surface area (TPSA) is 340 Å². The summed E-state index contributed by atoms with van der Waals surface area (Å²) in [6, 6.07) is 35.4. The number of aryl methyl sites for hydroxylation is 4. The Labute approximate surface area is 681 Å². The summed E-state index contributed by atoms with van der Waals surface area (Å²) >= 11 is 0. The molecule has 4 aromatic heterocycles. The predicted molar refractivity (Wildman–Crippen MR) is 416 cm³/mol. The molecular weight excluding hydrogens is 1610 g/mol. The predicted octanol–water partition coefficient (Wildman–Crippen LogP) is 11.8. The van der Waals surface area contributed by atoms with Gasteiger partial charge in [0, 0.05) is 98.6 Å². The number of alkyl halides is 12. The van der Waals surface area contributed by atoms with Crippen LogP contribution in [0.25, 0.3) is 89.0 Å². The van der Waals surface area contributed by atoms with Gasteiger partial charge in [-0.25, -0.2) is 0 Å². The van der Waals surface area contributed by atoms with Crippen LogP contribution in [0.4, 0.5) is 52.7 Å². The molecule has 4 aliphatic carbocycles. The lowest BCUT2D eigenvalue weighted by atomic mass is 9.88. The molecule has 0 amide bonds. The number of benzene rings is 8. The lowest BCUT2D eigenvalue weighted by Crippen LogP contribution is -2.45. The summed E-state index contributed by atoms with van der Waals surface area (Å²) in [6.07, 6.45) is -7.83. The number of Topliss-reactive ketones (excluding diaryl/α,β-unsaturated/α-hetero) is 1. The molecule has 0 saturated heterocycles. The number of ether oxygens (including phenoxy) is 1. The fourth-order valence-electron chi connectivity index (χ4n) is 16.0. The Balaban J connectivity index is 0.000000139. The molecule has 0 bridgehead atoms. The third kappa shape index (κ3) is 14.2. The Morgan fingerprint density at radius 1 is 0.355 bits per heavy atom. The van der Waals surface area contributed by atoms with Crippen molar-refractivity contribution in [3.63, 3.8) is 0 Å². The number of rotatable bonds is 18. The molecule has 121 heavy (non-hydrogen) atoms. The number of carbonyl (C=O) groups is 1.